The SMILES string of the molecule is CC(C)CN(CCC#N)CC(=O)Nc1cccc(N)c1. The molecule has 1 aromatic rings. The van der Waals surface area contributed by atoms with E-state index in [0.717, 1.165) is 6.54 Å². The van der Waals surface area contributed by atoms with Gasteiger partial charge in [-0.15, -0.1) is 0 Å². The molecule has 0 fully saturated rings. The molecule has 0 heterocycles. The second-order valence-corrected chi connectivity index (χ2v) is 5.21. The molecule has 3 N–H and O–H groups in total. The number of nitriles is 1. The van der Waals surface area contributed by atoms with Crippen molar-refractivity contribution in [2.24, 2.45) is 5.92 Å². The van der Waals surface area contributed by atoms with Crippen molar-refractivity contribution in [2.75, 3.05) is 30.7 Å². The van der Waals surface area contributed by atoms with Gasteiger partial charge in [-0.05, 0) is 24.1 Å². The van der Waals surface area contributed by atoms with Crippen LogP contribution in [-0.2, 0) is 4.79 Å². The van der Waals surface area contributed by atoms with Gasteiger partial charge in [-0.2, -0.15) is 5.26 Å². The minimum absolute atomic E-state index is 0.0887. The lowest BCUT2D eigenvalue weighted by atomic mass is 10.2. The third kappa shape index (κ3) is 6.21. The first-order chi connectivity index (χ1) is 9.51. The molecule has 0 unspecified atom stereocenters. The molecule has 0 aromatic heterocycles. The molecule has 0 bridgehead atoms. The zero-order valence-corrected chi connectivity index (χ0v) is 12.1. The summed E-state index contributed by atoms with van der Waals surface area (Å²) in [5.41, 5.74) is 6.98. The van der Waals surface area contributed by atoms with Crippen LogP contribution in [0, 0.1) is 17.2 Å². The topological polar surface area (TPSA) is 82.2 Å². The molecule has 1 aromatic carbocycles. The predicted octanol–water partition coefficient (Wildman–Crippen LogP) is 2.08. The van der Waals surface area contributed by atoms with Gasteiger partial charge in [-0.3, -0.25) is 9.69 Å². The van der Waals surface area contributed by atoms with Gasteiger partial charge in [-0.1, -0.05) is 19.9 Å². The molecule has 0 saturated carbocycles. The molecule has 0 aliphatic heterocycles. The molecular formula is C15H22N4O. The van der Waals surface area contributed by atoms with E-state index < -0.39 is 0 Å². The number of nitrogens with two attached hydrogens (primary N) is 1. The fraction of sp³-hybridized carbons (Fsp3) is 0.467. The minimum Gasteiger partial charge on any atom is -0.399 e. The van der Waals surface area contributed by atoms with Gasteiger partial charge < -0.3 is 11.1 Å². The Morgan fingerprint density at radius 3 is 2.85 bits per heavy atom. The molecule has 0 saturated heterocycles. The summed E-state index contributed by atoms with van der Waals surface area (Å²) >= 11 is 0. The average Bonchev–Trinajstić information content (AvgIpc) is 2.35. The highest BCUT2D eigenvalue weighted by Crippen LogP contribution is 2.11. The molecule has 1 rings (SSSR count). The summed E-state index contributed by atoms with van der Waals surface area (Å²) in [6, 6.07) is 9.21. The maximum absolute atomic E-state index is 12.0. The van der Waals surface area contributed by atoms with Gasteiger partial charge in [0.05, 0.1) is 12.6 Å². The number of rotatable bonds is 7. The largest absolute Gasteiger partial charge is 0.399 e. The Morgan fingerprint density at radius 2 is 2.25 bits per heavy atom. The maximum Gasteiger partial charge on any atom is 0.238 e. The smallest absolute Gasteiger partial charge is 0.238 e. The first-order valence-electron chi connectivity index (χ1n) is 6.76. The van der Waals surface area contributed by atoms with Crippen molar-refractivity contribution >= 4 is 17.3 Å². The molecule has 108 valence electrons. The molecule has 0 spiro atoms. The van der Waals surface area contributed by atoms with Crippen molar-refractivity contribution in [1.29, 1.82) is 5.26 Å². The third-order valence-corrected chi connectivity index (χ3v) is 2.70. The Labute approximate surface area is 120 Å². The number of nitrogens with one attached hydrogen (secondary N) is 1. The number of hydrogen-bond acceptors (Lipinski definition) is 4. The summed E-state index contributed by atoms with van der Waals surface area (Å²) in [6.45, 7) is 5.88. The molecule has 0 aliphatic rings. The Morgan fingerprint density at radius 1 is 1.50 bits per heavy atom. The number of amides is 1. The third-order valence-electron chi connectivity index (χ3n) is 2.70. The monoisotopic (exact) mass is 274 g/mol. The van der Waals surface area contributed by atoms with Gasteiger partial charge in [0, 0.05) is 30.9 Å². The van der Waals surface area contributed by atoms with E-state index in [4.69, 9.17) is 11.0 Å². The van der Waals surface area contributed by atoms with E-state index in [1.54, 1.807) is 24.3 Å². The van der Waals surface area contributed by atoms with Crippen LogP contribution in [0.4, 0.5) is 11.4 Å². The number of nitrogens with zero attached hydrogens (tertiary/aromatic N) is 2. The fourth-order valence-electron chi connectivity index (χ4n) is 1.98. The van der Waals surface area contributed by atoms with Crippen molar-refractivity contribution in [3.63, 3.8) is 0 Å². The summed E-state index contributed by atoms with van der Waals surface area (Å²) in [6.07, 6.45) is 0.429. The summed E-state index contributed by atoms with van der Waals surface area (Å²) in [4.78, 5) is 14.0. The van der Waals surface area contributed by atoms with E-state index in [9.17, 15) is 4.79 Å². The first-order valence-corrected chi connectivity index (χ1v) is 6.76. The zero-order valence-electron chi connectivity index (χ0n) is 12.1. The second kappa shape index (κ2) is 8.18. The van der Waals surface area contributed by atoms with Gasteiger partial charge in [0.15, 0.2) is 0 Å². The van der Waals surface area contributed by atoms with Crippen molar-refractivity contribution < 1.29 is 4.79 Å². The molecule has 5 heteroatoms. The number of nitrogen functional groups attached to an aromatic ring is 1. The van der Waals surface area contributed by atoms with Gasteiger partial charge in [0.2, 0.25) is 5.91 Å². The lowest BCUT2D eigenvalue weighted by Crippen LogP contribution is -2.36. The number of hydrogen-bond donors (Lipinski definition) is 2. The minimum atomic E-state index is -0.0887. The highest BCUT2D eigenvalue weighted by molar-refractivity contribution is 5.92. The van der Waals surface area contributed by atoms with E-state index >= 15 is 0 Å². The Balaban J connectivity index is 2.54. The van der Waals surface area contributed by atoms with E-state index in [1.165, 1.54) is 0 Å². The Bertz CT molecular complexity index is 479. The highest BCUT2D eigenvalue weighted by Gasteiger charge is 2.12. The van der Waals surface area contributed by atoms with Crippen molar-refractivity contribution in [1.82, 2.24) is 4.90 Å². The van der Waals surface area contributed by atoms with Gasteiger partial charge >= 0.3 is 0 Å². The number of anilines is 2. The molecule has 1 amide bonds. The molecule has 0 atom stereocenters. The average molecular weight is 274 g/mol. The molecule has 0 radical (unpaired) electrons. The van der Waals surface area contributed by atoms with Crippen LogP contribution in [0.3, 0.4) is 0 Å². The van der Waals surface area contributed by atoms with Crippen LogP contribution in [0.5, 0.6) is 0 Å². The van der Waals surface area contributed by atoms with E-state index in [2.05, 4.69) is 25.2 Å². The van der Waals surface area contributed by atoms with Crippen molar-refractivity contribution in [3.05, 3.63) is 24.3 Å². The van der Waals surface area contributed by atoms with E-state index in [-0.39, 0.29) is 12.5 Å². The standard InChI is InChI=1S/C15H22N4O/c1-12(2)10-19(8-4-7-16)11-15(20)18-14-6-3-5-13(17)9-14/h3,5-6,9,12H,4,8,10-11,17H2,1-2H3,(H,18,20). The van der Waals surface area contributed by atoms with Crippen LogP contribution in [0.15, 0.2) is 24.3 Å². The summed E-state index contributed by atoms with van der Waals surface area (Å²) in [5, 5.41) is 11.5. The molecule has 0 aliphatic carbocycles. The van der Waals surface area contributed by atoms with E-state index in [1.807, 2.05) is 4.90 Å². The molecular weight excluding hydrogens is 252 g/mol. The maximum atomic E-state index is 12.0. The van der Waals surface area contributed by atoms with Crippen LogP contribution < -0.4 is 11.1 Å². The predicted molar refractivity (Wildman–Crippen MR) is 81.0 cm³/mol. The van der Waals surface area contributed by atoms with Crippen LogP contribution in [-0.4, -0.2) is 30.4 Å². The molecule has 5 nitrogen and oxygen atoms in total. The Hall–Kier alpha value is -2.06. The van der Waals surface area contributed by atoms with Crippen LogP contribution in [0.2, 0.25) is 0 Å². The summed E-state index contributed by atoms with van der Waals surface area (Å²) in [5.74, 6) is 0.364. The van der Waals surface area contributed by atoms with Gasteiger partial charge in [0.25, 0.3) is 0 Å². The summed E-state index contributed by atoms with van der Waals surface area (Å²) < 4.78 is 0. The van der Waals surface area contributed by atoms with Crippen molar-refractivity contribution in [2.45, 2.75) is 20.3 Å². The van der Waals surface area contributed by atoms with Crippen LogP contribution >= 0.6 is 0 Å². The lowest BCUT2D eigenvalue weighted by Gasteiger charge is -2.22. The van der Waals surface area contributed by atoms with Crippen LogP contribution in [0.1, 0.15) is 20.3 Å². The summed E-state index contributed by atoms with van der Waals surface area (Å²) in [7, 11) is 0. The lowest BCUT2D eigenvalue weighted by molar-refractivity contribution is -0.117. The van der Waals surface area contributed by atoms with Gasteiger partial charge in [-0.25, -0.2) is 0 Å². The van der Waals surface area contributed by atoms with Crippen LogP contribution in [0.25, 0.3) is 0 Å². The second-order valence-electron chi connectivity index (χ2n) is 5.21. The number of carbonyl (C=O) groups is 1. The van der Waals surface area contributed by atoms with E-state index in [0.29, 0.717) is 30.3 Å². The Kier molecular flexibility index (Phi) is 6.54. The fourth-order valence-corrected chi connectivity index (χ4v) is 1.98. The normalized spacial score (nSPS) is 10.6. The number of benzene rings is 1. The quantitative estimate of drug-likeness (QED) is 0.746. The first kappa shape index (κ1) is 16.0. The highest BCUT2D eigenvalue weighted by atomic mass is 16.2. The van der Waals surface area contributed by atoms with Gasteiger partial charge in [0.1, 0.15) is 0 Å². The van der Waals surface area contributed by atoms with Crippen molar-refractivity contribution in [3.8, 4) is 6.07 Å². The molecule has 20 heavy (non-hydrogen) atoms. The zero-order chi connectivity index (χ0) is 15.0. The number of carbonyl (C=O) groups excluding carboxylic acids is 1.